The van der Waals surface area contributed by atoms with Gasteiger partial charge in [0, 0.05) is 12.2 Å². The van der Waals surface area contributed by atoms with E-state index in [0.29, 0.717) is 15.7 Å². The Labute approximate surface area is 138 Å². The molecule has 2 aromatic rings. The minimum atomic E-state index is -0.758. The van der Waals surface area contributed by atoms with Crippen molar-refractivity contribution in [2.75, 3.05) is 5.32 Å². The average Bonchev–Trinajstić information content (AvgIpc) is 2.48. The van der Waals surface area contributed by atoms with Crippen molar-refractivity contribution in [3.05, 3.63) is 63.6 Å². The number of benzene rings is 2. The van der Waals surface area contributed by atoms with Gasteiger partial charge in [-0.05, 0) is 30.7 Å². The lowest BCUT2D eigenvalue weighted by atomic mass is 10.1. The van der Waals surface area contributed by atoms with Gasteiger partial charge in [0.15, 0.2) is 0 Å². The zero-order valence-electron chi connectivity index (χ0n) is 11.8. The number of carbonyl (C=O) groups excluding carboxylic acids is 2. The van der Waals surface area contributed by atoms with Crippen LogP contribution in [0.3, 0.4) is 0 Å². The van der Waals surface area contributed by atoms with E-state index in [0.717, 1.165) is 11.1 Å². The number of anilines is 1. The molecule has 2 amide bonds. The van der Waals surface area contributed by atoms with Crippen molar-refractivity contribution >= 4 is 40.7 Å². The van der Waals surface area contributed by atoms with Crippen LogP contribution in [0.2, 0.25) is 10.0 Å². The second-order valence-corrected chi connectivity index (χ2v) is 5.57. The van der Waals surface area contributed by atoms with Crippen LogP contribution in [0.4, 0.5) is 5.69 Å². The monoisotopic (exact) mass is 336 g/mol. The van der Waals surface area contributed by atoms with Crippen molar-refractivity contribution in [1.29, 1.82) is 0 Å². The van der Waals surface area contributed by atoms with Crippen LogP contribution in [0, 0.1) is 6.92 Å². The smallest absolute Gasteiger partial charge is 0.313 e. The highest BCUT2D eigenvalue weighted by molar-refractivity contribution is 6.42. The molecule has 114 valence electrons. The summed E-state index contributed by atoms with van der Waals surface area (Å²) in [5, 5.41) is 5.71. The molecule has 0 aromatic heterocycles. The zero-order chi connectivity index (χ0) is 16.1. The molecular weight excluding hydrogens is 323 g/mol. The van der Waals surface area contributed by atoms with Gasteiger partial charge in [0.25, 0.3) is 0 Å². The average molecular weight is 337 g/mol. The van der Waals surface area contributed by atoms with Gasteiger partial charge in [-0.25, -0.2) is 0 Å². The first-order chi connectivity index (χ1) is 10.5. The van der Waals surface area contributed by atoms with Gasteiger partial charge in [-0.15, -0.1) is 0 Å². The van der Waals surface area contributed by atoms with Crippen LogP contribution in [-0.2, 0) is 16.1 Å². The number of halogens is 2. The molecule has 0 aliphatic carbocycles. The molecule has 0 radical (unpaired) electrons. The topological polar surface area (TPSA) is 58.2 Å². The van der Waals surface area contributed by atoms with E-state index < -0.39 is 11.8 Å². The number of hydrogen-bond donors (Lipinski definition) is 2. The second-order valence-electron chi connectivity index (χ2n) is 4.75. The molecule has 0 unspecified atom stereocenters. The first-order valence-corrected chi connectivity index (χ1v) is 7.31. The van der Waals surface area contributed by atoms with Crippen LogP contribution in [0.25, 0.3) is 0 Å². The van der Waals surface area contributed by atoms with Crippen LogP contribution < -0.4 is 10.6 Å². The maximum Gasteiger partial charge on any atom is 0.313 e. The lowest BCUT2D eigenvalue weighted by molar-refractivity contribution is -0.136. The van der Waals surface area contributed by atoms with E-state index in [1.807, 2.05) is 31.2 Å². The fraction of sp³-hybridized carbons (Fsp3) is 0.125. The summed E-state index contributed by atoms with van der Waals surface area (Å²) in [6.07, 6.45) is 0. The lowest BCUT2D eigenvalue weighted by Crippen LogP contribution is -2.34. The van der Waals surface area contributed by atoms with Crippen molar-refractivity contribution in [2.24, 2.45) is 0 Å². The molecular formula is C16H14Cl2N2O2. The Morgan fingerprint density at radius 1 is 1.00 bits per heavy atom. The third kappa shape index (κ3) is 4.48. The summed E-state index contributed by atoms with van der Waals surface area (Å²) in [5.41, 5.74) is 2.42. The highest BCUT2D eigenvalue weighted by Crippen LogP contribution is 2.24. The molecule has 6 heteroatoms. The van der Waals surface area contributed by atoms with Crippen molar-refractivity contribution in [3.63, 3.8) is 0 Å². The van der Waals surface area contributed by atoms with Gasteiger partial charge < -0.3 is 10.6 Å². The molecule has 2 aromatic carbocycles. The van der Waals surface area contributed by atoms with Crippen molar-refractivity contribution in [3.8, 4) is 0 Å². The van der Waals surface area contributed by atoms with E-state index in [1.165, 1.54) is 6.07 Å². The maximum absolute atomic E-state index is 11.8. The largest absolute Gasteiger partial charge is 0.344 e. The summed E-state index contributed by atoms with van der Waals surface area (Å²) in [7, 11) is 0. The number of carbonyl (C=O) groups is 2. The molecule has 0 saturated carbocycles. The first kappa shape index (κ1) is 16.3. The standard InChI is InChI=1S/C16H14Cl2N2O2/c1-10-3-2-4-11(7-10)9-19-15(21)16(22)20-12-5-6-13(17)14(18)8-12/h2-8H,9H2,1H3,(H,19,21)(H,20,22). The molecule has 0 fully saturated rings. The van der Waals surface area contributed by atoms with Crippen LogP contribution in [0.15, 0.2) is 42.5 Å². The normalized spacial score (nSPS) is 10.1. The molecule has 0 spiro atoms. The quantitative estimate of drug-likeness (QED) is 0.842. The van der Waals surface area contributed by atoms with E-state index in [9.17, 15) is 9.59 Å². The Morgan fingerprint density at radius 3 is 2.45 bits per heavy atom. The van der Waals surface area contributed by atoms with Gasteiger partial charge in [0.1, 0.15) is 0 Å². The van der Waals surface area contributed by atoms with Crippen molar-refractivity contribution in [2.45, 2.75) is 13.5 Å². The van der Waals surface area contributed by atoms with E-state index in [4.69, 9.17) is 23.2 Å². The van der Waals surface area contributed by atoms with Crippen molar-refractivity contribution < 1.29 is 9.59 Å². The highest BCUT2D eigenvalue weighted by Gasteiger charge is 2.13. The Bertz CT molecular complexity index is 717. The molecule has 0 bridgehead atoms. The number of aryl methyl sites for hydroxylation is 1. The predicted molar refractivity (Wildman–Crippen MR) is 88.1 cm³/mol. The molecule has 4 nitrogen and oxygen atoms in total. The SMILES string of the molecule is Cc1cccc(CNC(=O)C(=O)Nc2ccc(Cl)c(Cl)c2)c1. The maximum atomic E-state index is 11.8. The van der Waals surface area contributed by atoms with Gasteiger partial charge >= 0.3 is 11.8 Å². The van der Waals surface area contributed by atoms with Gasteiger partial charge in [-0.3, -0.25) is 9.59 Å². The second kappa shape index (κ2) is 7.29. The lowest BCUT2D eigenvalue weighted by Gasteiger charge is -2.08. The summed E-state index contributed by atoms with van der Waals surface area (Å²) >= 11 is 11.6. The molecule has 2 rings (SSSR count). The molecule has 0 saturated heterocycles. The molecule has 2 N–H and O–H groups in total. The third-order valence-electron chi connectivity index (χ3n) is 2.92. The molecule has 0 heterocycles. The van der Waals surface area contributed by atoms with E-state index in [1.54, 1.807) is 12.1 Å². The Morgan fingerprint density at radius 2 is 1.77 bits per heavy atom. The molecule has 22 heavy (non-hydrogen) atoms. The molecule has 0 atom stereocenters. The Hall–Kier alpha value is -2.04. The van der Waals surface area contributed by atoms with Crippen LogP contribution in [0.5, 0.6) is 0 Å². The van der Waals surface area contributed by atoms with Gasteiger partial charge in [-0.2, -0.15) is 0 Å². The summed E-state index contributed by atoms with van der Waals surface area (Å²) in [6, 6.07) is 12.3. The van der Waals surface area contributed by atoms with Gasteiger partial charge in [0.05, 0.1) is 10.0 Å². The summed E-state index contributed by atoms with van der Waals surface area (Å²) in [5.74, 6) is -1.47. The first-order valence-electron chi connectivity index (χ1n) is 6.55. The number of nitrogens with one attached hydrogen (secondary N) is 2. The predicted octanol–water partition coefficient (Wildman–Crippen LogP) is 3.56. The molecule has 0 aliphatic heterocycles. The highest BCUT2D eigenvalue weighted by atomic mass is 35.5. The summed E-state index contributed by atoms with van der Waals surface area (Å²) in [4.78, 5) is 23.6. The van der Waals surface area contributed by atoms with Crippen LogP contribution >= 0.6 is 23.2 Å². The van der Waals surface area contributed by atoms with E-state index in [-0.39, 0.29) is 6.54 Å². The van der Waals surface area contributed by atoms with Gasteiger partial charge in [-0.1, -0.05) is 53.0 Å². The summed E-state index contributed by atoms with van der Waals surface area (Å²) in [6.45, 7) is 2.25. The number of hydrogen-bond acceptors (Lipinski definition) is 2. The minimum absolute atomic E-state index is 0.287. The number of amides is 2. The zero-order valence-corrected chi connectivity index (χ0v) is 13.3. The van der Waals surface area contributed by atoms with E-state index >= 15 is 0 Å². The minimum Gasteiger partial charge on any atom is -0.344 e. The van der Waals surface area contributed by atoms with Crippen LogP contribution in [-0.4, -0.2) is 11.8 Å². The molecule has 0 aliphatic rings. The van der Waals surface area contributed by atoms with Crippen molar-refractivity contribution in [1.82, 2.24) is 5.32 Å². The Kier molecular flexibility index (Phi) is 5.41. The van der Waals surface area contributed by atoms with Gasteiger partial charge in [0.2, 0.25) is 0 Å². The van der Waals surface area contributed by atoms with E-state index in [2.05, 4.69) is 10.6 Å². The fourth-order valence-electron chi connectivity index (χ4n) is 1.85. The van der Waals surface area contributed by atoms with Crippen LogP contribution in [0.1, 0.15) is 11.1 Å². The Balaban J connectivity index is 1.92. The number of rotatable bonds is 3. The summed E-state index contributed by atoms with van der Waals surface area (Å²) < 4.78 is 0. The fourth-order valence-corrected chi connectivity index (χ4v) is 2.14. The third-order valence-corrected chi connectivity index (χ3v) is 3.66.